The Morgan fingerprint density at radius 1 is 1.19 bits per heavy atom. The molecule has 1 aromatic rings. The number of hydrogen-bond donors (Lipinski definition) is 2. The lowest BCUT2D eigenvalue weighted by molar-refractivity contribution is 0.0591. The van der Waals surface area contributed by atoms with Crippen LogP contribution in [-0.4, -0.2) is 33.9 Å². The fourth-order valence-electron chi connectivity index (χ4n) is 1.69. The van der Waals surface area contributed by atoms with Gasteiger partial charge >= 0.3 is 0 Å². The molecule has 0 atom stereocenters. The standard InChI is InChI=1S/C11H11NO3S/c12-5-6-16-11(15)9(13)7-3-1-2-4-8(7)10(11)14/h1-4,15H,5-6,12H2. The molecule has 0 saturated carbocycles. The van der Waals surface area contributed by atoms with E-state index in [1.54, 1.807) is 24.3 Å². The fourth-order valence-corrected chi connectivity index (χ4v) is 2.58. The number of rotatable bonds is 3. The first-order valence-corrected chi connectivity index (χ1v) is 5.85. The molecule has 1 aliphatic carbocycles. The number of carbonyl (C=O) groups excluding carboxylic acids is 2. The topological polar surface area (TPSA) is 80.4 Å². The Morgan fingerprint density at radius 2 is 1.69 bits per heavy atom. The summed E-state index contributed by atoms with van der Waals surface area (Å²) in [7, 11) is 0. The Hall–Kier alpha value is -1.17. The highest BCUT2D eigenvalue weighted by molar-refractivity contribution is 8.02. The van der Waals surface area contributed by atoms with E-state index in [9.17, 15) is 14.7 Å². The zero-order valence-corrected chi connectivity index (χ0v) is 9.29. The van der Waals surface area contributed by atoms with Gasteiger partial charge < -0.3 is 10.8 Å². The van der Waals surface area contributed by atoms with Crippen molar-refractivity contribution in [3.8, 4) is 0 Å². The monoisotopic (exact) mass is 237 g/mol. The van der Waals surface area contributed by atoms with Crippen molar-refractivity contribution in [3.63, 3.8) is 0 Å². The molecule has 1 aliphatic rings. The van der Waals surface area contributed by atoms with Gasteiger partial charge in [0.25, 0.3) is 0 Å². The normalized spacial score (nSPS) is 17.6. The summed E-state index contributed by atoms with van der Waals surface area (Å²) in [5, 5.41) is 10.1. The summed E-state index contributed by atoms with van der Waals surface area (Å²) >= 11 is 0.891. The first-order valence-electron chi connectivity index (χ1n) is 4.86. The van der Waals surface area contributed by atoms with Crippen LogP contribution in [0.25, 0.3) is 0 Å². The van der Waals surface area contributed by atoms with Gasteiger partial charge in [-0.1, -0.05) is 24.3 Å². The highest BCUT2D eigenvalue weighted by Crippen LogP contribution is 2.37. The molecule has 16 heavy (non-hydrogen) atoms. The average molecular weight is 237 g/mol. The molecule has 0 amide bonds. The molecule has 0 spiro atoms. The Morgan fingerprint density at radius 3 is 2.12 bits per heavy atom. The third kappa shape index (κ3) is 1.48. The van der Waals surface area contributed by atoms with E-state index >= 15 is 0 Å². The van der Waals surface area contributed by atoms with Gasteiger partial charge in [-0.25, -0.2) is 0 Å². The zero-order valence-electron chi connectivity index (χ0n) is 8.47. The van der Waals surface area contributed by atoms with Crippen molar-refractivity contribution >= 4 is 23.3 Å². The van der Waals surface area contributed by atoms with Crippen molar-refractivity contribution in [1.29, 1.82) is 0 Å². The molecule has 4 nitrogen and oxygen atoms in total. The maximum atomic E-state index is 11.9. The van der Waals surface area contributed by atoms with Gasteiger partial charge in [0.1, 0.15) is 0 Å². The number of aliphatic hydroxyl groups is 1. The predicted octanol–water partition coefficient (Wildman–Crippen LogP) is 0.446. The molecular formula is C11H11NO3S. The largest absolute Gasteiger partial charge is 0.366 e. The van der Waals surface area contributed by atoms with Crippen molar-refractivity contribution in [3.05, 3.63) is 35.4 Å². The summed E-state index contributed by atoms with van der Waals surface area (Å²) < 4.78 is 0. The Balaban J connectivity index is 2.41. The second kappa shape index (κ2) is 4.01. The van der Waals surface area contributed by atoms with Gasteiger partial charge in [0.2, 0.25) is 16.5 Å². The lowest BCUT2D eigenvalue weighted by Gasteiger charge is -2.17. The van der Waals surface area contributed by atoms with E-state index in [0.717, 1.165) is 11.8 Å². The summed E-state index contributed by atoms with van der Waals surface area (Å²) in [6.45, 7) is 0.309. The van der Waals surface area contributed by atoms with E-state index in [4.69, 9.17) is 5.73 Å². The molecule has 0 heterocycles. The molecule has 0 aliphatic heterocycles. The summed E-state index contributed by atoms with van der Waals surface area (Å²) in [6, 6.07) is 6.44. The van der Waals surface area contributed by atoms with Gasteiger partial charge in [-0.15, -0.1) is 11.8 Å². The first-order chi connectivity index (χ1) is 7.61. The van der Waals surface area contributed by atoms with E-state index in [1.807, 2.05) is 0 Å². The quantitative estimate of drug-likeness (QED) is 0.589. The summed E-state index contributed by atoms with van der Waals surface area (Å²) in [6.07, 6.45) is 0. The molecule has 2 rings (SSSR count). The highest BCUT2D eigenvalue weighted by Gasteiger charge is 2.51. The highest BCUT2D eigenvalue weighted by atomic mass is 32.2. The van der Waals surface area contributed by atoms with Gasteiger partial charge in [-0.2, -0.15) is 0 Å². The molecule has 0 bridgehead atoms. The van der Waals surface area contributed by atoms with E-state index in [-0.39, 0.29) is 0 Å². The molecule has 0 saturated heterocycles. The van der Waals surface area contributed by atoms with Crippen molar-refractivity contribution in [1.82, 2.24) is 0 Å². The minimum Gasteiger partial charge on any atom is -0.366 e. The molecule has 0 radical (unpaired) electrons. The maximum Gasteiger partial charge on any atom is 0.238 e. The second-order valence-electron chi connectivity index (χ2n) is 3.48. The van der Waals surface area contributed by atoms with Gasteiger partial charge in [-0.3, -0.25) is 9.59 Å². The summed E-state index contributed by atoms with van der Waals surface area (Å²) in [5.41, 5.74) is 5.89. The number of fused-ring (bicyclic) bond motifs is 1. The lowest BCUT2D eigenvalue weighted by Crippen LogP contribution is -2.38. The van der Waals surface area contributed by atoms with Crippen LogP contribution < -0.4 is 5.73 Å². The Kier molecular flexibility index (Phi) is 2.84. The van der Waals surface area contributed by atoms with Gasteiger partial charge in [0, 0.05) is 23.4 Å². The van der Waals surface area contributed by atoms with Crippen LogP contribution in [0.5, 0.6) is 0 Å². The van der Waals surface area contributed by atoms with Crippen LogP contribution in [0.3, 0.4) is 0 Å². The maximum absolute atomic E-state index is 11.9. The SMILES string of the molecule is NCCSC1(O)C(=O)c2ccccc2C1=O. The van der Waals surface area contributed by atoms with Crippen LogP contribution in [0.4, 0.5) is 0 Å². The second-order valence-corrected chi connectivity index (χ2v) is 4.77. The predicted molar refractivity (Wildman–Crippen MR) is 61.6 cm³/mol. The molecule has 5 heteroatoms. The van der Waals surface area contributed by atoms with Crippen LogP contribution >= 0.6 is 11.8 Å². The van der Waals surface area contributed by atoms with E-state index < -0.39 is 16.5 Å². The smallest absolute Gasteiger partial charge is 0.238 e. The minimum absolute atomic E-state index is 0.291. The molecule has 84 valence electrons. The third-order valence-electron chi connectivity index (χ3n) is 2.46. The molecule has 1 aromatic carbocycles. The van der Waals surface area contributed by atoms with E-state index in [0.29, 0.717) is 23.4 Å². The third-order valence-corrected chi connectivity index (χ3v) is 3.69. The van der Waals surface area contributed by atoms with Crippen molar-refractivity contribution in [2.75, 3.05) is 12.3 Å². The number of hydrogen-bond acceptors (Lipinski definition) is 5. The first kappa shape index (κ1) is 11.3. The van der Waals surface area contributed by atoms with Crippen LogP contribution in [0.1, 0.15) is 20.7 Å². The molecular weight excluding hydrogens is 226 g/mol. The van der Waals surface area contributed by atoms with E-state index in [1.165, 1.54) is 0 Å². The average Bonchev–Trinajstić information content (AvgIpc) is 2.51. The van der Waals surface area contributed by atoms with Crippen molar-refractivity contribution in [2.24, 2.45) is 5.73 Å². The van der Waals surface area contributed by atoms with Crippen LogP contribution in [0, 0.1) is 0 Å². The van der Waals surface area contributed by atoms with Gasteiger partial charge in [-0.05, 0) is 0 Å². The molecule has 0 fully saturated rings. The number of benzene rings is 1. The summed E-state index contributed by atoms with van der Waals surface area (Å²) in [4.78, 5) is 21.8. The number of carbonyl (C=O) groups is 2. The fraction of sp³-hybridized carbons (Fsp3) is 0.273. The molecule has 0 unspecified atom stereocenters. The van der Waals surface area contributed by atoms with Gasteiger partial charge in [0.05, 0.1) is 0 Å². The zero-order chi connectivity index (χ0) is 11.8. The minimum atomic E-state index is -1.97. The van der Waals surface area contributed by atoms with Gasteiger partial charge in [0.15, 0.2) is 0 Å². The van der Waals surface area contributed by atoms with Crippen molar-refractivity contribution in [2.45, 2.75) is 4.93 Å². The molecule has 0 aromatic heterocycles. The molecule has 3 N–H and O–H groups in total. The number of ketones is 2. The van der Waals surface area contributed by atoms with Crippen molar-refractivity contribution < 1.29 is 14.7 Å². The van der Waals surface area contributed by atoms with Crippen LogP contribution in [0.2, 0.25) is 0 Å². The van der Waals surface area contributed by atoms with Crippen LogP contribution in [-0.2, 0) is 0 Å². The van der Waals surface area contributed by atoms with E-state index in [2.05, 4.69) is 0 Å². The lowest BCUT2D eigenvalue weighted by atomic mass is 10.1. The number of thioether (sulfide) groups is 1. The van der Waals surface area contributed by atoms with Crippen LogP contribution in [0.15, 0.2) is 24.3 Å². The Labute approximate surface area is 96.8 Å². The summed E-state index contributed by atoms with van der Waals surface area (Å²) in [5.74, 6) is -0.708. The number of Topliss-reactive ketones (excluding diaryl/α,β-unsaturated/α-hetero) is 2. The Bertz CT molecular complexity index is 423. The number of nitrogens with two attached hydrogens (primary N) is 1.